The first-order valence-corrected chi connectivity index (χ1v) is 6.88. The van der Waals surface area contributed by atoms with Crippen molar-refractivity contribution in [2.45, 2.75) is 37.1 Å². The Morgan fingerprint density at radius 1 is 1.28 bits per heavy atom. The van der Waals surface area contributed by atoms with E-state index < -0.39 is 0 Å². The van der Waals surface area contributed by atoms with Crippen molar-refractivity contribution in [3.05, 3.63) is 35.9 Å². The second kappa shape index (κ2) is 4.73. The molecule has 1 aromatic carbocycles. The van der Waals surface area contributed by atoms with E-state index in [9.17, 15) is 4.79 Å². The van der Waals surface area contributed by atoms with Crippen LogP contribution >= 0.6 is 0 Å². The van der Waals surface area contributed by atoms with Crippen molar-refractivity contribution >= 4 is 5.91 Å². The fraction of sp³-hybridized carbons (Fsp3) is 0.533. The van der Waals surface area contributed by atoms with Gasteiger partial charge in [0.25, 0.3) is 0 Å². The van der Waals surface area contributed by atoms with Crippen LogP contribution in [0.3, 0.4) is 0 Å². The van der Waals surface area contributed by atoms with Crippen LogP contribution in [0.15, 0.2) is 30.3 Å². The molecule has 2 fully saturated rings. The van der Waals surface area contributed by atoms with Crippen LogP contribution < -0.4 is 10.6 Å². The minimum Gasteiger partial charge on any atom is -0.351 e. The number of hydrogen-bond acceptors (Lipinski definition) is 2. The molecule has 1 atom stereocenters. The summed E-state index contributed by atoms with van der Waals surface area (Å²) in [5, 5.41) is 6.56. The van der Waals surface area contributed by atoms with Gasteiger partial charge in [-0.2, -0.15) is 0 Å². The minimum atomic E-state index is -0.224. The summed E-state index contributed by atoms with van der Waals surface area (Å²) >= 11 is 0. The van der Waals surface area contributed by atoms with Crippen molar-refractivity contribution in [2.75, 3.05) is 13.1 Å². The van der Waals surface area contributed by atoms with E-state index in [-0.39, 0.29) is 11.3 Å². The van der Waals surface area contributed by atoms with Gasteiger partial charge in [0.1, 0.15) is 0 Å². The van der Waals surface area contributed by atoms with Crippen LogP contribution in [0.2, 0.25) is 0 Å². The lowest BCUT2D eigenvalue weighted by molar-refractivity contribution is -0.124. The van der Waals surface area contributed by atoms with Crippen LogP contribution in [0.4, 0.5) is 0 Å². The lowest BCUT2D eigenvalue weighted by Gasteiger charge is -2.26. The van der Waals surface area contributed by atoms with Crippen molar-refractivity contribution in [3.8, 4) is 0 Å². The fourth-order valence-corrected chi connectivity index (χ4v) is 2.83. The predicted octanol–water partition coefficient (Wildman–Crippen LogP) is 1.59. The summed E-state index contributed by atoms with van der Waals surface area (Å²) in [6.07, 6.45) is 4.24. The monoisotopic (exact) mass is 244 g/mol. The van der Waals surface area contributed by atoms with Gasteiger partial charge in [-0.15, -0.1) is 0 Å². The number of piperidine rings is 1. The molecule has 1 amide bonds. The highest BCUT2D eigenvalue weighted by atomic mass is 16.2. The Balaban J connectivity index is 1.68. The van der Waals surface area contributed by atoms with Crippen LogP contribution in [0.25, 0.3) is 0 Å². The molecule has 3 heteroatoms. The Morgan fingerprint density at radius 2 is 2.06 bits per heavy atom. The van der Waals surface area contributed by atoms with E-state index in [0.29, 0.717) is 6.04 Å². The SMILES string of the molecule is O=C(N[C@H]1CCCNC1)C1(c2ccccc2)CC1. The molecule has 3 nitrogen and oxygen atoms in total. The third kappa shape index (κ3) is 2.15. The van der Waals surface area contributed by atoms with Crippen molar-refractivity contribution in [1.82, 2.24) is 10.6 Å². The van der Waals surface area contributed by atoms with Gasteiger partial charge in [-0.25, -0.2) is 0 Å². The zero-order valence-corrected chi connectivity index (χ0v) is 10.6. The normalized spacial score (nSPS) is 25.4. The van der Waals surface area contributed by atoms with E-state index in [4.69, 9.17) is 0 Å². The van der Waals surface area contributed by atoms with Gasteiger partial charge in [0.2, 0.25) is 5.91 Å². The molecular formula is C15H20N2O. The molecule has 1 aliphatic carbocycles. The standard InChI is InChI=1S/C15H20N2O/c18-14(17-13-7-4-10-16-11-13)15(8-9-15)12-5-2-1-3-6-12/h1-3,5-6,13,16H,4,7-11H2,(H,17,18)/t13-/m0/s1. The summed E-state index contributed by atoms with van der Waals surface area (Å²) in [5.41, 5.74) is 0.949. The zero-order chi connectivity index (χ0) is 12.4. The van der Waals surface area contributed by atoms with Crippen LogP contribution in [0, 0.1) is 0 Å². The largest absolute Gasteiger partial charge is 0.351 e. The van der Waals surface area contributed by atoms with Crippen LogP contribution in [-0.4, -0.2) is 25.0 Å². The number of amides is 1. The zero-order valence-electron chi connectivity index (χ0n) is 10.6. The quantitative estimate of drug-likeness (QED) is 0.847. The van der Waals surface area contributed by atoms with Gasteiger partial charge < -0.3 is 10.6 Å². The third-order valence-corrected chi connectivity index (χ3v) is 4.14. The van der Waals surface area contributed by atoms with E-state index in [1.807, 2.05) is 18.2 Å². The van der Waals surface area contributed by atoms with Gasteiger partial charge in [0.15, 0.2) is 0 Å². The van der Waals surface area contributed by atoms with Gasteiger partial charge in [0, 0.05) is 12.6 Å². The topological polar surface area (TPSA) is 41.1 Å². The molecule has 1 aromatic rings. The molecule has 3 rings (SSSR count). The Labute approximate surface area is 108 Å². The van der Waals surface area contributed by atoms with E-state index in [0.717, 1.165) is 38.8 Å². The molecule has 96 valence electrons. The number of nitrogens with one attached hydrogen (secondary N) is 2. The Kier molecular flexibility index (Phi) is 3.08. The summed E-state index contributed by atoms with van der Waals surface area (Å²) in [7, 11) is 0. The first-order chi connectivity index (χ1) is 8.81. The number of benzene rings is 1. The molecular weight excluding hydrogens is 224 g/mol. The van der Waals surface area contributed by atoms with Gasteiger partial charge in [0.05, 0.1) is 5.41 Å². The molecule has 2 N–H and O–H groups in total. The summed E-state index contributed by atoms with van der Waals surface area (Å²) in [4.78, 5) is 12.5. The molecule has 0 bridgehead atoms. The van der Waals surface area contributed by atoms with Crippen molar-refractivity contribution in [1.29, 1.82) is 0 Å². The third-order valence-electron chi connectivity index (χ3n) is 4.14. The number of carbonyl (C=O) groups is 1. The average Bonchev–Trinajstić information content (AvgIpc) is 3.22. The summed E-state index contributed by atoms with van der Waals surface area (Å²) < 4.78 is 0. The molecule has 18 heavy (non-hydrogen) atoms. The lowest BCUT2D eigenvalue weighted by Crippen LogP contribution is -2.48. The molecule has 1 saturated heterocycles. The second-order valence-electron chi connectivity index (χ2n) is 5.46. The van der Waals surface area contributed by atoms with Crippen LogP contribution in [0.1, 0.15) is 31.2 Å². The maximum Gasteiger partial charge on any atom is 0.230 e. The molecule has 0 aromatic heterocycles. The predicted molar refractivity (Wildman–Crippen MR) is 71.4 cm³/mol. The Bertz CT molecular complexity index is 419. The smallest absolute Gasteiger partial charge is 0.230 e. The maximum absolute atomic E-state index is 12.5. The van der Waals surface area contributed by atoms with Crippen LogP contribution in [0.5, 0.6) is 0 Å². The first kappa shape index (κ1) is 11.7. The molecule has 1 aliphatic heterocycles. The molecule has 1 saturated carbocycles. The van der Waals surface area contributed by atoms with Gasteiger partial charge >= 0.3 is 0 Å². The minimum absolute atomic E-state index is 0.224. The molecule has 2 aliphatic rings. The van der Waals surface area contributed by atoms with E-state index in [2.05, 4.69) is 22.8 Å². The summed E-state index contributed by atoms with van der Waals surface area (Å²) in [5.74, 6) is 0.224. The molecule has 0 radical (unpaired) electrons. The van der Waals surface area contributed by atoms with E-state index in [1.165, 1.54) is 5.56 Å². The maximum atomic E-state index is 12.5. The molecule has 0 spiro atoms. The molecule has 1 heterocycles. The van der Waals surface area contributed by atoms with Crippen LogP contribution in [-0.2, 0) is 10.2 Å². The fourth-order valence-electron chi connectivity index (χ4n) is 2.83. The summed E-state index contributed by atoms with van der Waals surface area (Å²) in [6.45, 7) is 1.99. The molecule has 0 unspecified atom stereocenters. The van der Waals surface area contributed by atoms with Crippen molar-refractivity contribution in [3.63, 3.8) is 0 Å². The Morgan fingerprint density at radius 3 is 2.67 bits per heavy atom. The number of rotatable bonds is 3. The highest BCUT2D eigenvalue weighted by Crippen LogP contribution is 2.48. The van der Waals surface area contributed by atoms with Gasteiger partial charge in [-0.1, -0.05) is 30.3 Å². The second-order valence-corrected chi connectivity index (χ2v) is 5.46. The highest BCUT2D eigenvalue weighted by molar-refractivity contribution is 5.91. The summed E-state index contributed by atoms with van der Waals surface area (Å²) in [6, 6.07) is 10.5. The Hall–Kier alpha value is -1.35. The van der Waals surface area contributed by atoms with Gasteiger partial charge in [-0.3, -0.25) is 4.79 Å². The van der Waals surface area contributed by atoms with E-state index in [1.54, 1.807) is 0 Å². The van der Waals surface area contributed by atoms with E-state index >= 15 is 0 Å². The van der Waals surface area contributed by atoms with Gasteiger partial charge in [-0.05, 0) is 37.8 Å². The first-order valence-electron chi connectivity index (χ1n) is 6.88. The number of hydrogen-bond donors (Lipinski definition) is 2. The lowest BCUT2D eigenvalue weighted by atomic mass is 9.94. The van der Waals surface area contributed by atoms with Crippen molar-refractivity contribution < 1.29 is 4.79 Å². The van der Waals surface area contributed by atoms with Crippen molar-refractivity contribution in [2.24, 2.45) is 0 Å². The average molecular weight is 244 g/mol. The number of carbonyl (C=O) groups excluding carboxylic acids is 1. The highest BCUT2D eigenvalue weighted by Gasteiger charge is 2.51.